The molecule has 0 aliphatic rings. The predicted octanol–water partition coefficient (Wildman–Crippen LogP) is 3.66. The zero-order valence-corrected chi connectivity index (χ0v) is 8.43. The molecular formula is C11H8O2S. The molecule has 2 nitrogen and oxygen atoms in total. The summed E-state index contributed by atoms with van der Waals surface area (Å²) in [6, 6.07) is 8.01. The second-order valence-corrected chi connectivity index (χ2v) is 3.91. The van der Waals surface area contributed by atoms with E-state index in [1.807, 2.05) is 23.6 Å². The van der Waals surface area contributed by atoms with Crippen molar-refractivity contribution in [1.29, 1.82) is 0 Å². The van der Waals surface area contributed by atoms with Gasteiger partial charge in [-0.15, -0.1) is 11.3 Å². The minimum atomic E-state index is 0.898. The molecule has 3 heteroatoms. The summed E-state index contributed by atoms with van der Waals surface area (Å²) in [4.78, 5) is 0.933. The molecule has 0 unspecified atom stereocenters. The molecule has 1 aromatic carbocycles. The van der Waals surface area contributed by atoms with Gasteiger partial charge in [-0.05, 0) is 6.07 Å². The van der Waals surface area contributed by atoms with Gasteiger partial charge in [0.1, 0.15) is 11.3 Å². The first-order valence-electron chi connectivity index (χ1n) is 4.33. The molecule has 2 heterocycles. The Morgan fingerprint density at radius 1 is 1.29 bits per heavy atom. The van der Waals surface area contributed by atoms with Crippen molar-refractivity contribution in [3.8, 4) is 5.75 Å². The van der Waals surface area contributed by atoms with E-state index in [0.717, 1.165) is 27.0 Å². The fourth-order valence-electron chi connectivity index (χ4n) is 1.66. The Balaban J connectivity index is 2.54. The van der Waals surface area contributed by atoms with Crippen LogP contribution in [0.5, 0.6) is 5.75 Å². The summed E-state index contributed by atoms with van der Waals surface area (Å²) in [6.07, 6.45) is 0. The van der Waals surface area contributed by atoms with E-state index >= 15 is 0 Å². The summed E-state index contributed by atoms with van der Waals surface area (Å²) in [5.41, 5.74) is 0.924. The van der Waals surface area contributed by atoms with E-state index in [-0.39, 0.29) is 0 Å². The van der Waals surface area contributed by atoms with Gasteiger partial charge in [0.05, 0.1) is 12.5 Å². The van der Waals surface area contributed by atoms with E-state index in [1.165, 1.54) is 0 Å². The molecule has 0 aliphatic carbocycles. The Kier molecular flexibility index (Phi) is 1.55. The third-order valence-corrected chi connectivity index (χ3v) is 3.14. The fourth-order valence-corrected chi connectivity index (χ4v) is 2.55. The second kappa shape index (κ2) is 2.75. The average molecular weight is 204 g/mol. The number of thiophene rings is 1. The summed E-state index contributed by atoms with van der Waals surface area (Å²) < 4.78 is 11.0. The number of hydrogen-bond acceptors (Lipinski definition) is 3. The fraction of sp³-hybridized carbons (Fsp3) is 0.0909. The van der Waals surface area contributed by atoms with Crippen molar-refractivity contribution < 1.29 is 9.15 Å². The Morgan fingerprint density at radius 3 is 3.00 bits per heavy atom. The first kappa shape index (κ1) is 7.88. The summed E-state index contributed by atoms with van der Waals surface area (Å²) in [5, 5.41) is 4.19. The highest BCUT2D eigenvalue weighted by molar-refractivity contribution is 7.17. The van der Waals surface area contributed by atoms with E-state index in [9.17, 15) is 0 Å². The summed E-state index contributed by atoms with van der Waals surface area (Å²) >= 11 is 1.57. The monoisotopic (exact) mass is 204 g/mol. The molecule has 0 aliphatic heterocycles. The SMILES string of the molecule is COc1csc2oc3ccccc3c12. The second-order valence-electron chi connectivity index (χ2n) is 3.06. The van der Waals surface area contributed by atoms with Gasteiger partial charge in [0.2, 0.25) is 0 Å². The van der Waals surface area contributed by atoms with Gasteiger partial charge in [-0.25, -0.2) is 0 Å². The van der Waals surface area contributed by atoms with Gasteiger partial charge in [0.25, 0.3) is 0 Å². The molecule has 0 saturated heterocycles. The van der Waals surface area contributed by atoms with Crippen LogP contribution >= 0.6 is 11.3 Å². The van der Waals surface area contributed by atoms with Gasteiger partial charge >= 0.3 is 0 Å². The van der Waals surface area contributed by atoms with Crippen LogP contribution < -0.4 is 4.74 Å². The molecule has 0 spiro atoms. The van der Waals surface area contributed by atoms with Crippen molar-refractivity contribution in [2.24, 2.45) is 0 Å². The molecule has 3 rings (SSSR count). The van der Waals surface area contributed by atoms with Crippen molar-refractivity contribution in [2.75, 3.05) is 7.11 Å². The maximum Gasteiger partial charge on any atom is 0.192 e. The van der Waals surface area contributed by atoms with Gasteiger partial charge in [-0.2, -0.15) is 0 Å². The van der Waals surface area contributed by atoms with E-state index < -0.39 is 0 Å². The van der Waals surface area contributed by atoms with Gasteiger partial charge in [-0.1, -0.05) is 18.2 Å². The molecular weight excluding hydrogens is 196 g/mol. The molecule has 0 bridgehead atoms. The number of hydrogen-bond donors (Lipinski definition) is 0. The maximum atomic E-state index is 5.67. The molecule has 14 heavy (non-hydrogen) atoms. The van der Waals surface area contributed by atoms with Crippen LogP contribution in [0.3, 0.4) is 0 Å². The summed E-state index contributed by atoms with van der Waals surface area (Å²) in [7, 11) is 1.68. The van der Waals surface area contributed by atoms with Crippen LogP contribution in [0.4, 0.5) is 0 Å². The van der Waals surface area contributed by atoms with Crippen molar-refractivity contribution in [3.63, 3.8) is 0 Å². The Bertz CT molecular complexity index is 591. The highest BCUT2D eigenvalue weighted by atomic mass is 32.1. The molecule has 3 aromatic rings. The van der Waals surface area contributed by atoms with E-state index in [4.69, 9.17) is 9.15 Å². The van der Waals surface area contributed by atoms with Gasteiger partial charge in [-0.3, -0.25) is 0 Å². The molecule has 0 N–H and O–H groups in total. The number of methoxy groups -OCH3 is 1. The van der Waals surface area contributed by atoms with E-state index in [0.29, 0.717) is 0 Å². The smallest absolute Gasteiger partial charge is 0.192 e. The lowest BCUT2D eigenvalue weighted by molar-refractivity contribution is 0.421. The van der Waals surface area contributed by atoms with E-state index in [2.05, 4.69) is 6.07 Å². The largest absolute Gasteiger partial charge is 0.495 e. The van der Waals surface area contributed by atoms with Crippen molar-refractivity contribution in [3.05, 3.63) is 29.6 Å². The van der Waals surface area contributed by atoms with Crippen LogP contribution in [-0.4, -0.2) is 7.11 Å². The number of ether oxygens (including phenoxy) is 1. The third-order valence-electron chi connectivity index (χ3n) is 2.30. The minimum absolute atomic E-state index is 0.898. The first-order chi connectivity index (χ1) is 6.90. The summed E-state index contributed by atoms with van der Waals surface area (Å²) in [6.45, 7) is 0. The highest BCUT2D eigenvalue weighted by Crippen LogP contribution is 2.39. The maximum absolute atomic E-state index is 5.67. The topological polar surface area (TPSA) is 22.4 Å². The number of para-hydroxylation sites is 1. The van der Waals surface area contributed by atoms with Crippen LogP contribution in [-0.2, 0) is 0 Å². The van der Waals surface area contributed by atoms with Gasteiger partial charge < -0.3 is 9.15 Å². The van der Waals surface area contributed by atoms with Crippen molar-refractivity contribution in [1.82, 2.24) is 0 Å². The first-order valence-corrected chi connectivity index (χ1v) is 5.21. The minimum Gasteiger partial charge on any atom is -0.495 e. The number of fused-ring (bicyclic) bond motifs is 3. The quantitative estimate of drug-likeness (QED) is 0.603. The molecule has 0 radical (unpaired) electrons. The van der Waals surface area contributed by atoms with Crippen LogP contribution in [0.2, 0.25) is 0 Å². The van der Waals surface area contributed by atoms with E-state index in [1.54, 1.807) is 18.4 Å². The number of benzene rings is 1. The van der Waals surface area contributed by atoms with Crippen LogP contribution in [0.15, 0.2) is 34.1 Å². The normalized spacial score (nSPS) is 11.2. The lowest BCUT2D eigenvalue weighted by atomic mass is 10.2. The Morgan fingerprint density at radius 2 is 2.14 bits per heavy atom. The van der Waals surface area contributed by atoms with Crippen molar-refractivity contribution in [2.45, 2.75) is 0 Å². The number of rotatable bonds is 1. The zero-order valence-electron chi connectivity index (χ0n) is 7.61. The molecule has 0 fully saturated rings. The van der Waals surface area contributed by atoms with Gasteiger partial charge in [0.15, 0.2) is 4.90 Å². The standard InChI is InChI=1S/C11H8O2S/c1-12-9-6-14-11-10(9)7-4-2-3-5-8(7)13-11/h2-6H,1H3. The number of furan rings is 1. The Hall–Kier alpha value is -1.48. The van der Waals surface area contributed by atoms with Crippen LogP contribution in [0.25, 0.3) is 21.3 Å². The summed E-state index contributed by atoms with van der Waals surface area (Å²) in [5.74, 6) is 0.898. The van der Waals surface area contributed by atoms with Crippen molar-refractivity contribution >= 4 is 32.6 Å². The molecule has 0 saturated carbocycles. The molecule has 70 valence electrons. The third kappa shape index (κ3) is 0.902. The Labute approximate surface area is 84.7 Å². The van der Waals surface area contributed by atoms with Crippen LogP contribution in [0.1, 0.15) is 0 Å². The lowest BCUT2D eigenvalue weighted by Crippen LogP contribution is -1.77. The van der Waals surface area contributed by atoms with Crippen LogP contribution in [0, 0.1) is 0 Å². The highest BCUT2D eigenvalue weighted by Gasteiger charge is 2.12. The molecule has 0 atom stereocenters. The predicted molar refractivity (Wildman–Crippen MR) is 58.1 cm³/mol. The lowest BCUT2D eigenvalue weighted by Gasteiger charge is -1.93. The molecule has 2 aromatic heterocycles. The molecule has 0 amide bonds. The average Bonchev–Trinajstić information content (AvgIpc) is 2.75. The van der Waals surface area contributed by atoms with Gasteiger partial charge in [0, 0.05) is 10.8 Å². The zero-order chi connectivity index (χ0) is 9.54.